The van der Waals surface area contributed by atoms with Gasteiger partial charge in [0.15, 0.2) is 11.6 Å². The lowest BCUT2D eigenvalue weighted by atomic mass is 9.82. The molecule has 9 heteroatoms. The standard InChI is InChI=1S/C30H40F2N2O5/c1-30(2,3)39-29(36)34-14-13-26(33-17-19-5-9-22(37-4)10-6-19)27(34)18-38-23-11-7-20(8-12-23)24-15-21(31)16-25(32)28(24)35/h5-6,9-10,15-16,20,23,26-27,33,35H,7-8,11-14,17-18H2,1-4H3/t20-,23+,26-,27-/m0/s1. The Bertz CT molecular complexity index is 1110. The second-order valence-corrected chi connectivity index (χ2v) is 11.5. The predicted octanol–water partition coefficient (Wildman–Crippen LogP) is 5.89. The second-order valence-electron chi connectivity index (χ2n) is 11.5. The monoisotopic (exact) mass is 546 g/mol. The number of halogens is 2. The number of phenols is 1. The van der Waals surface area contributed by atoms with Gasteiger partial charge in [-0.25, -0.2) is 13.6 Å². The molecule has 1 aliphatic carbocycles. The van der Waals surface area contributed by atoms with Crippen molar-refractivity contribution in [3.63, 3.8) is 0 Å². The molecular formula is C30H40F2N2O5. The number of hydrogen-bond acceptors (Lipinski definition) is 6. The third-order valence-electron chi connectivity index (χ3n) is 7.58. The van der Waals surface area contributed by atoms with Crippen molar-refractivity contribution in [1.82, 2.24) is 10.2 Å². The van der Waals surface area contributed by atoms with Crippen molar-refractivity contribution in [3.8, 4) is 11.5 Å². The topological polar surface area (TPSA) is 80.3 Å². The summed E-state index contributed by atoms with van der Waals surface area (Å²) in [6.07, 6.45) is 3.10. The zero-order chi connectivity index (χ0) is 28.2. The lowest BCUT2D eigenvalue weighted by Gasteiger charge is -2.34. The summed E-state index contributed by atoms with van der Waals surface area (Å²) in [5, 5.41) is 13.7. The maximum atomic E-state index is 13.8. The van der Waals surface area contributed by atoms with Crippen LogP contribution in [0.4, 0.5) is 13.6 Å². The Hall–Kier alpha value is -2.91. The minimum absolute atomic E-state index is 0.0307. The van der Waals surface area contributed by atoms with Gasteiger partial charge in [-0.05, 0) is 82.6 Å². The van der Waals surface area contributed by atoms with Gasteiger partial charge >= 0.3 is 6.09 Å². The number of nitrogens with one attached hydrogen (secondary N) is 1. The number of methoxy groups -OCH3 is 1. The van der Waals surface area contributed by atoms with Gasteiger partial charge in [-0.2, -0.15) is 0 Å². The SMILES string of the molecule is COc1ccc(CN[C@H]2CCN(C(=O)OC(C)(C)C)[C@H]2CO[C@H]2CC[C@@H](c3cc(F)cc(F)c3O)CC2)cc1. The third-order valence-corrected chi connectivity index (χ3v) is 7.58. The number of aromatic hydroxyl groups is 1. The molecule has 214 valence electrons. The van der Waals surface area contributed by atoms with Crippen molar-refractivity contribution in [2.24, 2.45) is 0 Å². The Labute approximate surface area is 229 Å². The van der Waals surface area contributed by atoms with Crippen LogP contribution in [0.3, 0.4) is 0 Å². The summed E-state index contributed by atoms with van der Waals surface area (Å²) in [6.45, 7) is 7.13. The molecule has 1 amide bonds. The number of amides is 1. The number of benzene rings is 2. The van der Waals surface area contributed by atoms with E-state index in [1.807, 2.05) is 45.0 Å². The van der Waals surface area contributed by atoms with Gasteiger partial charge in [0, 0.05) is 30.8 Å². The molecule has 1 saturated carbocycles. The van der Waals surface area contributed by atoms with E-state index in [-0.39, 0.29) is 30.2 Å². The van der Waals surface area contributed by atoms with E-state index in [9.17, 15) is 18.7 Å². The largest absolute Gasteiger partial charge is 0.505 e. The fourth-order valence-corrected chi connectivity index (χ4v) is 5.51. The summed E-state index contributed by atoms with van der Waals surface area (Å²) < 4.78 is 44.8. The van der Waals surface area contributed by atoms with Gasteiger partial charge in [0.2, 0.25) is 0 Å². The molecule has 0 aromatic heterocycles. The Balaban J connectivity index is 1.37. The van der Waals surface area contributed by atoms with Gasteiger partial charge in [0.05, 0.1) is 25.9 Å². The molecular weight excluding hydrogens is 506 g/mol. The van der Waals surface area contributed by atoms with E-state index in [0.717, 1.165) is 17.7 Å². The van der Waals surface area contributed by atoms with E-state index >= 15 is 0 Å². The van der Waals surface area contributed by atoms with Crippen LogP contribution in [-0.2, 0) is 16.0 Å². The van der Waals surface area contributed by atoms with Crippen LogP contribution in [0.1, 0.15) is 69.9 Å². The quantitative estimate of drug-likeness (QED) is 0.430. The van der Waals surface area contributed by atoms with Gasteiger partial charge in [-0.1, -0.05) is 12.1 Å². The molecule has 2 N–H and O–H groups in total. The van der Waals surface area contributed by atoms with Crippen LogP contribution in [0.15, 0.2) is 36.4 Å². The third kappa shape index (κ3) is 7.60. The number of nitrogens with zero attached hydrogens (tertiary/aromatic N) is 1. The van der Waals surface area contributed by atoms with Crippen molar-refractivity contribution >= 4 is 6.09 Å². The average molecular weight is 547 g/mol. The lowest BCUT2D eigenvalue weighted by Crippen LogP contribution is -2.49. The van der Waals surface area contributed by atoms with Crippen LogP contribution in [0.5, 0.6) is 11.5 Å². The first-order valence-corrected chi connectivity index (χ1v) is 13.7. The Kier molecular flexibility index (Phi) is 9.33. The van der Waals surface area contributed by atoms with Crippen molar-refractivity contribution in [1.29, 1.82) is 0 Å². The first-order valence-electron chi connectivity index (χ1n) is 13.7. The molecule has 4 rings (SSSR count). The van der Waals surface area contributed by atoms with Crippen LogP contribution < -0.4 is 10.1 Å². The van der Waals surface area contributed by atoms with Gasteiger partial charge in [-0.15, -0.1) is 0 Å². The number of carbonyl (C=O) groups is 1. The Morgan fingerprint density at radius 1 is 1.08 bits per heavy atom. The van der Waals surface area contributed by atoms with Crippen LogP contribution in [-0.4, -0.2) is 60.1 Å². The zero-order valence-corrected chi connectivity index (χ0v) is 23.2. The van der Waals surface area contributed by atoms with Gasteiger partial charge in [0.1, 0.15) is 17.2 Å². The van der Waals surface area contributed by atoms with Gasteiger partial charge < -0.3 is 29.5 Å². The smallest absolute Gasteiger partial charge is 0.410 e. The molecule has 0 bridgehead atoms. The molecule has 2 aromatic carbocycles. The predicted molar refractivity (Wildman–Crippen MR) is 144 cm³/mol. The maximum Gasteiger partial charge on any atom is 0.410 e. The minimum Gasteiger partial charge on any atom is -0.505 e. The van der Waals surface area contributed by atoms with Crippen LogP contribution in [0, 0.1) is 11.6 Å². The molecule has 2 aromatic rings. The molecule has 1 aliphatic heterocycles. The van der Waals surface area contributed by atoms with Crippen molar-refractivity contribution in [3.05, 3.63) is 59.2 Å². The summed E-state index contributed by atoms with van der Waals surface area (Å²) in [7, 11) is 1.64. The van der Waals surface area contributed by atoms with E-state index in [1.165, 1.54) is 6.07 Å². The van der Waals surface area contributed by atoms with E-state index in [1.54, 1.807) is 12.0 Å². The average Bonchev–Trinajstić information content (AvgIpc) is 3.31. The highest BCUT2D eigenvalue weighted by Gasteiger charge is 2.40. The molecule has 1 saturated heterocycles. The van der Waals surface area contributed by atoms with Crippen LogP contribution in [0.2, 0.25) is 0 Å². The highest BCUT2D eigenvalue weighted by molar-refractivity contribution is 5.69. The van der Waals surface area contributed by atoms with Gasteiger partial charge in [0.25, 0.3) is 0 Å². The van der Waals surface area contributed by atoms with Crippen LogP contribution >= 0.6 is 0 Å². The number of hydrogen-bond donors (Lipinski definition) is 2. The Morgan fingerprint density at radius 2 is 1.77 bits per heavy atom. The Morgan fingerprint density at radius 3 is 2.41 bits per heavy atom. The second kappa shape index (κ2) is 12.5. The number of ether oxygens (including phenoxy) is 3. The van der Waals surface area contributed by atoms with Crippen molar-refractivity contribution < 1.29 is 32.9 Å². The highest BCUT2D eigenvalue weighted by atomic mass is 19.1. The molecule has 39 heavy (non-hydrogen) atoms. The maximum absolute atomic E-state index is 13.8. The minimum atomic E-state index is -0.931. The van der Waals surface area contributed by atoms with Gasteiger partial charge in [-0.3, -0.25) is 0 Å². The first kappa shape index (κ1) is 29.1. The summed E-state index contributed by atoms with van der Waals surface area (Å²) in [5.41, 5.74) is 0.833. The van der Waals surface area contributed by atoms with Crippen molar-refractivity contribution in [2.45, 2.75) is 89.1 Å². The van der Waals surface area contributed by atoms with E-state index < -0.39 is 23.0 Å². The molecule has 0 unspecified atom stereocenters. The molecule has 7 nitrogen and oxygen atoms in total. The molecule has 2 fully saturated rings. The zero-order valence-electron chi connectivity index (χ0n) is 23.2. The fraction of sp³-hybridized carbons (Fsp3) is 0.567. The summed E-state index contributed by atoms with van der Waals surface area (Å²) in [6, 6.07) is 9.63. The summed E-state index contributed by atoms with van der Waals surface area (Å²) in [5.74, 6) is -1.41. The number of rotatable bonds is 8. The molecule has 0 spiro atoms. The van der Waals surface area contributed by atoms with Crippen LogP contribution in [0.25, 0.3) is 0 Å². The first-order chi connectivity index (χ1) is 18.5. The molecule has 1 heterocycles. The highest BCUT2D eigenvalue weighted by Crippen LogP contribution is 2.39. The molecule has 2 aliphatic rings. The van der Waals surface area contributed by atoms with E-state index in [2.05, 4.69) is 5.32 Å². The lowest BCUT2D eigenvalue weighted by molar-refractivity contribution is -0.0197. The number of phenolic OH excluding ortho intramolecular Hbond substituents is 1. The number of likely N-dealkylation sites (tertiary alicyclic amines) is 1. The normalized spacial score (nSPS) is 23.6. The number of carbonyl (C=O) groups excluding carboxylic acids is 1. The summed E-state index contributed by atoms with van der Waals surface area (Å²) in [4.78, 5) is 14.8. The molecule has 2 atom stereocenters. The van der Waals surface area contributed by atoms with E-state index in [0.29, 0.717) is 57.0 Å². The summed E-state index contributed by atoms with van der Waals surface area (Å²) >= 11 is 0. The van der Waals surface area contributed by atoms with Crippen molar-refractivity contribution in [2.75, 3.05) is 20.3 Å². The fourth-order valence-electron chi connectivity index (χ4n) is 5.51. The molecule has 0 radical (unpaired) electrons. The van der Waals surface area contributed by atoms with E-state index in [4.69, 9.17) is 14.2 Å².